The fourth-order valence-electron chi connectivity index (χ4n) is 1.98. The fraction of sp³-hybridized carbons (Fsp3) is 0.833. The summed E-state index contributed by atoms with van der Waals surface area (Å²) in [5, 5.41) is 0. The van der Waals surface area contributed by atoms with Crippen LogP contribution in [0.2, 0.25) is 0 Å². The number of likely N-dealkylation sites (tertiary alicyclic amines) is 1. The molecule has 1 rings (SSSR count). The molecule has 0 aromatic heterocycles. The molecule has 0 saturated carbocycles. The smallest absolute Gasteiger partial charge is 0.310 e. The van der Waals surface area contributed by atoms with E-state index in [0.29, 0.717) is 19.7 Å². The molecule has 0 aromatic rings. The Morgan fingerprint density at radius 3 is 2.71 bits per heavy atom. The van der Waals surface area contributed by atoms with Crippen LogP contribution >= 0.6 is 0 Å². The first-order chi connectivity index (χ1) is 8.04. The maximum atomic E-state index is 11.6. The maximum Gasteiger partial charge on any atom is 0.310 e. The number of ether oxygens (including phenoxy) is 1. The van der Waals surface area contributed by atoms with Crippen LogP contribution in [0, 0.1) is 5.92 Å². The number of amides is 1. The van der Waals surface area contributed by atoms with Crippen LogP contribution in [0.5, 0.6) is 0 Å². The summed E-state index contributed by atoms with van der Waals surface area (Å²) in [7, 11) is 3.49. The standard InChI is InChI=1S/C12H22N2O3/c1-4-17-12(16)10-6-5-7-14(8-10)9-11(15)13(2)3/h10H,4-9H2,1-3H3/t10-/m0/s1. The Morgan fingerprint density at radius 1 is 1.41 bits per heavy atom. The summed E-state index contributed by atoms with van der Waals surface area (Å²) in [5.41, 5.74) is 0. The van der Waals surface area contributed by atoms with Crippen LogP contribution in [0.1, 0.15) is 19.8 Å². The van der Waals surface area contributed by atoms with Crippen LogP contribution in [0.15, 0.2) is 0 Å². The second kappa shape index (κ2) is 6.59. The third-order valence-corrected chi connectivity index (χ3v) is 2.98. The van der Waals surface area contributed by atoms with Crippen molar-refractivity contribution in [1.29, 1.82) is 0 Å². The van der Waals surface area contributed by atoms with E-state index in [-0.39, 0.29) is 17.8 Å². The Labute approximate surface area is 103 Å². The lowest BCUT2D eigenvalue weighted by Crippen LogP contribution is -2.44. The Bertz CT molecular complexity index is 279. The van der Waals surface area contributed by atoms with Crippen LogP contribution in [0.3, 0.4) is 0 Å². The van der Waals surface area contributed by atoms with E-state index in [1.54, 1.807) is 19.0 Å². The molecule has 5 heteroatoms. The SMILES string of the molecule is CCOC(=O)[C@H]1CCCN(CC(=O)N(C)C)C1. The third-order valence-electron chi connectivity index (χ3n) is 2.98. The van der Waals surface area contributed by atoms with Crippen LogP contribution in [0.25, 0.3) is 0 Å². The zero-order valence-electron chi connectivity index (χ0n) is 10.9. The molecule has 1 aliphatic rings. The van der Waals surface area contributed by atoms with Crippen LogP contribution in [-0.2, 0) is 14.3 Å². The van der Waals surface area contributed by atoms with E-state index in [2.05, 4.69) is 0 Å². The predicted molar refractivity (Wildman–Crippen MR) is 64.5 cm³/mol. The Morgan fingerprint density at radius 2 is 2.12 bits per heavy atom. The van der Waals surface area contributed by atoms with Crippen LogP contribution in [-0.4, -0.2) is 62.0 Å². The molecule has 0 aromatic carbocycles. The number of likely N-dealkylation sites (N-methyl/N-ethyl adjacent to an activating group) is 1. The van der Waals surface area contributed by atoms with Gasteiger partial charge in [0.15, 0.2) is 0 Å². The zero-order chi connectivity index (χ0) is 12.8. The molecule has 1 aliphatic heterocycles. The summed E-state index contributed by atoms with van der Waals surface area (Å²) in [4.78, 5) is 26.8. The highest BCUT2D eigenvalue weighted by Gasteiger charge is 2.27. The topological polar surface area (TPSA) is 49.9 Å². The fourth-order valence-corrected chi connectivity index (χ4v) is 1.98. The molecule has 5 nitrogen and oxygen atoms in total. The van der Waals surface area contributed by atoms with Crippen LogP contribution < -0.4 is 0 Å². The number of piperidine rings is 1. The molecule has 0 bridgehead atoms. The van der Waals surface area contributed by atoms with E-state index in [0.717, 1.165) is 19.4 Å². The third kappa shape index (κ3) is 4.34. The van der Waals surface area contributed by atoms with Crippen molar-refractivity contribution >= 4 is 11.9 Å². The minimum absolute atomic E-state index is 0.0707. The highest BCUT2D eigenvalue weighted by molar-refractivity contribution is 5.78. The molecule has 0 aliphatic carbocycles. The van der Waals surface area contributed by atoms with Gasteiger partial charge < -0.3 is 9.64 Å². The van der Waals surface area contributed by atoms with Gasteiger partial charge >= 0.3 is 5.97 Å². The number of carbonyl (C=O) groups excluding carboxylic acids is 2. The molecule has 17 heavy (non-hydrogen) atoms. The molecule has 1 atom stereocenters. The van der Waals surface area contributed by atoms with E-state index < -0.39 is 0 Å². The summed E-state index contributed by atoms with van der Waals surface area (Å²) in [6.07, 6.45) is 1.82. The summed E-state index contributed by atoms with van der Waals surface area (Å²) < 4.78 is 5.02. The Kier molecular flexibility index (Phi) is 5.41. The molecule has 1 fully saturated rings. The summed E-state index contributed by atoms with van der Waals surface area (Å²) in [6, 6.07) is 0. The highest BCUT2D eigenvalue weighted by Crippen LogP contribution is 2.17. The van der Waals surface area contributed by atoms with Gasteiger partial charge in [0, 0.05) is 20.6 Å². The predicted octanol–water partition coefficient (Wildman–Crippen LogP) is 0.350. The van der Waals surface area contributed by atoms with E-state index >= 15 is 0 Å². The summed E-state index contributed by atoms with van der Waals surface area (Å²) in [6.45, 7) is 4.15. The molecule has 0 unspecified atom stereocenters. The van der Waals surface area contributed by atoms with Gasteiger partial charge in [0.25, 0.3) is 0 Å². The second-order valence-electron chi connectivity index (χ2n) is 4.61. The van der Waals surface area contributed by atoms with E-state index in [9.17, 15) is 9.59 Å². The van der Waals surface area contributed by atoms with Crippen molar-refractivity contribution in [3.63, 3.8) is 0 Å². The lowest BCUT2D eigenvalue weighted by molar-refractivity contribution is -0.150. The molecule has 1 saturated heterocycles. The highest BCUT2D eigenvalue weighted by atomic mass is 16.5. The van der Waals surface area contributed by atoms with Gasteiger partial charge in [0.1, 0.15) is 0 Å². The number of carbonyl (C=O) groups is 2. The number of nitrogens with zero attached hydrogens (tertiary/aromatic N) is 2. The van der Waals surface area contributed by atoms with Crippen molar-refractivity contribution in [3.05, 3.63) is 0 Å². The number of hydrogen-bond donors (Lipinski definition) is 0. The van der Waals surface area contributed by atoms with Gasteiger partial charge in [-0.3, -0.25) is 14.5 Å². The number of hydrogen-bond acceptors (Lipinski definition) is 4. The second-order valence-corrected chi connectivity index (χ2v) is 4.61. The lowest BCUT2D eigenvalue weighted by Gasteiger charge is -2.31. The number of rotatable bonds is 4. The van der Waals surface area contributed by atoms with Crippen molar-refractivity contribution in [2.24, 2.45) is 5.92 Å². The molecule has 1 amide bonds. The largest absolute Gasteiger partial charge is 0.466 e. The normalized spacial score (nSPS) is 21.0. The van der Waals surface area contributed by atoms with Crippen molar-refractivity contribution in [2.75, 3.05) is 40.3 Å². The average Bonchev–Trinajstić information content (AvgIpc) is 2.29. The molecule has 98 valence electrons. The van der Waals surface area contributed by atoms with Crippen LogP contribution in [0.4, 0.5) is 0 Å². The van der Waals surface area contributed by atoms with Crippen molar-refractivity contribution < 1.29 is 14.3 Å². The van der Waals surface area contributed by atoms with Gasteiger partial charge in [-0.25, -0.2) is 0 Å². The zero-order valence-corrected chi connectivity index (χ0v) is 10.9. The van der Waals surface area contributed by atoms with Gasteiger partial charge in [-0.15, -0.1) is 0 Å². The average molecular weight is 242 g/mol. The molecule has 0 N–H and O–H groups in total. The van der Waals surface area contributed by atoms with Gasteiger partial charge in [0.2, 0.25) is 5.91 Å². The van der Waals surface area contributed by atoms with E-state index in [1.165, 1.54) is 0 Å². The summed E-state index contributed by atoms with van der Waals surface area (Å²) in [5.74, 6) is -0.123. The van der Waals surface area contributed by atoms with Gasteiger partial charge in [-0.1, -0.05) is 0 Å². The van der Waals surface area contributed by atoms with E-state index in [1.807, 2.05) is 11.8 Å². The molecular weight excluding hydrogens is 220 g/mol. The quantitative estimate of drug-likeness (QED) is 0.667. The van der Waals surface area contributed by atoms with Gasteiger partial charge in [-0.2, -0.15) is 0 Å². The first-order valence-electron chi connectivity index (χ1n) is 6.13. The van der Waals surface area contributed by atoms with Gasteiger partial charge in [0.05, 0.1) is 19.1 Å². The van der Waals surface area contributed by atoms with Crippen molar-refractivity contribution in [3.8, 4) is 0 Å². The number of esters is 1. The molecular formula is C12H22N2O3. The monoisotopic (exact) mass is 242 g/mol. The molecule has 0 radical (unpaired) electrons. The lowest BCUT2D eigenvalue weighted by atomic mass is 9.98. The minimum Gasteiger partial charge on any atom is -0.466 e. The Balaban J connectivity index is 2.43. The van der Waals surface area contributed by atoms with Gasteiger partial charge in [-0.05, 0) is 26.3 Å². The maximum absolute atomic E-state index is 11.6. The van der Waals surface area contributed by atoms with E-state index in [4.69, 9.17) is 4.74 Å². The summed E-state index contributed by atoms with van der Waals surface area (Å²) >= 11 is 0. The first kappa shape index (κ1) is 14.0. The van der Waals surface area contributed by atoms with Crippen molar-refractivity contribution in [1.82, 2.24) is 9.80 Å². The Hall–Kier alpha value is -1.10. The minimum atomic E-state index is -0.130. The first-order valence-corrected chi connectivity index (χ1v) is 6.13. The molecule has 1 heterocycles. The van der Waals surface area contributed by atoms with Crippen molar-refractivity contribution in [2.45, 2.75) is 19.8 Å². The molecule has 0 spiro atoms.